The second-order valence-corrected chi connectivity index (χ2v) is 5.29. The standard InChI is InChI=1S/C14H16ClFN2O2/c1-3-12-13(19)17-8(2)14(20)18(12)7-9-4-5-10(15)6-11(9)16/h4-6,8,12H,3,7H2,1-2H3,(H,17,19). The number of hydrogen-bond acceptors (Lipinski definition) is 2. The Balaban J connectivity index is 2.28. The highest BCUT2D eigenvalue weighted by Crippen LogP contribution is 2.20. The van der Waals surface area contributed by atoms with Gasteiger partial charge in [-0.15, -0.1) is 0 Å². The molecule has 1 aliphatic heterocycles. The first-order chi connectivity index (χ1) is 9.43. The van der Waals surface area contributed by atoms with Crippen LogP contribution in [0.1, 0.15) is 25.8 Å². The molecule has 1 heterocycles. The van der Waals surface area contributed by atoms with E-state index in [1.807, 2.05) is 6.92 Å². The molecule has 4 nitrogen and oxygen atoms in total. The number of benzene rings is 1. The van der Waals surface area contributed by atoms with Gasteiger partial charge in [-0.2, -0.15) is 0 Å². The Hall–Kier alpha value is -1.62. The van der Waals surface area contributed by atoms with Crippen molar-refractivity contribution in [3.63, 3.8) is 0 Å². The fourth-order valence-corrected chi connectivity index (χ4v) is 2.50. The van der Waals surface area contributed by atoms with Gasteiger partial charge in [0.15, 0.2) is 0 Å². The molecule has 20 heavy (non-hydrogen) atoms. The number of nitrogens with one attached hydrogen (secondary N) is 1. The van der Waals surface area contributed by atoms with Crippen molar-refractivity contribution in [1.82, 2.24) is 10.2 Å². The summed E-state index contributed by atoms with van der Waals surface area (Å²) in [7, 11) is 0. The SMILES string of the molecule is CCC1C(=O)NC(C)C(=O)N1Cc1ccc(Cl)cc1F. The van der Waals surface area contributed by atoms with E-state index in [1.54, 1.807) is 13.0 Å². The fourth-order valence-electron chi connectivity index (χ4n) is 2.34. The third-order valence-corrected chi connectivity index (χ3v) is 3.67. The highest BCUT2D eigenvalue weighted by atomic mass is 35.5. The molecule has 2 amide bonds. The summed E-state index contributed by atoms with van der Waals surface area (Å²) in [6, 6.07) is 3.16. The minimum absolute atomic E-state index is 0.0676. The summed E-state index contributed by atoms with van der Waals surface area (Å²) >= 11 is 5.71. The molecule has 0 bridgehead atoms. The van der Waals surface area contributed by atoms with E-state index in [9.17, 15) is 14.0 Å². The number of hydrogen-bond donors (Lipinski definition) is 1. The summed E-state index contributed by atoms with van der Waals surface area (Å²) in [5, 5.41) is 2.92. The minimum atomic E-state index is -0.583. The van der Waals surface area contributed by atoms with Crippen LogP contribution in [0.25, 0.3) is 0 Å². The predicted molar refractivity (Wildman–Crippen MR) is 73.6 cm³/mol. The fraction of sp³-hybridized carbons (Fsp3) is 0.429. The number of halogens is 2. The maximum atomic E-state index is 13.8. The molecule has 0 aliphatic carbocycles. The molecule has 0 aromatic heterocycles. The third-order valence-electron chi connectivity index (χ3n) is 3.43. The molecule has 108 valence electrons. The summed E-state index contributed by atoms with van der Waals surface area (Å²) in [6.07, 6.45) is 0.486. The van der Waals surface area contributed by atoms with Crippen LogP contribution in [-0.2, 0) is 16.1 Å². The first-order valence-electron chi connectivity index (χ1n) is 6.48. The number of carbonyl (C=O) groups is 2. The number of rotatable bonds is 3. The molecule has 1 fully saturated rings. The molecular weight excluding hydrogens is 283 g/mol. The molecule has 0 saturated carbocycles. The van der Waals surface area contributed by atoms with Gasteiger partial charge in [0.1, 0.15) is 17.9 Å². The van der Waals surface area contributed by atoms with Crippen molar-refractivity contribution in [2.75, 3.05) is 0 Å². The van der Waals surface area contributed by atoms with Crippen LogP contribution in [0.4, 0.5) is 4.39 Å². The molecule has 0 spiro atoms. The van der Waals surface area contributed by atoms with E-state index in [0.29, 0.717) is 17.0 Å². The smallest absolute Gasteiger partial charge is 0.245 e. The van der Waals surface area contributed by atoms with Crippen molar-refractivity contribution < 1.29 is 14.0 Å². The topological polar surface area (TPSA) is 49.4 Å². The van der Waals surface area contributed by atoms with Crippen molar-refractivity contribution in [3.8, 4) is 0 Å². The Morgan fingerprint density at radius 3 is 2.70 bits per heavy atom. The van der Waals surface area contributed by atoms with Gasteiger partial charge < -0.3 is 10.2 Å². The molecular formula is C14H16ClFN2O2. The molecule has 2 rings (SSSR count). The van der Waals surface area contributed by atoms with E-state index in [-0.39, 0.29) is 18.4 Å². The highest BCUT2D eigenvalue weighted by Gasteiger charge is 2.37. The monoisotopic (exact) mass is 298 g/mol. The number of nitrogens with zero attached hydrogens (tertiary/aromatic N) is 1. The molecule has 0 radical (unpaired) electrons. The van der Waals surface area contributed by atoms with Crippen LogP contribution in [0, 0.1) is 5.82 Å². The number of piperazine rings is 1. The Morgan fingerprint density at radius 1 is 1.40 bits per heavy atom. The molecule has 2 unspecified atom stereocenters. The van der Waals surface area contributed by atoms with Crippen LogP contribution in [0.5, 0.6) is 0 Å². The quantitative estimate of drug-likeness (QED) is 0.929. The number of carbonyl (C=O) groups excluding carboxylic acids is 2. The van der Waals surface area contributed by atoms with E-state index in [0.717, 1.165) is 0 Å². The lowest BCUT2D eigenvalue weighted by molar-refractivity contribution is -0.149. The normalized spacial score (nSPS) is 22.9. The molecule has 2 atom stereocenters. The average molecular weight is 299 g/mol. The maximum Gasteiger partial charge on any atom is 0.245 e. The molecule has 1 aliphatic rings. The maximum absolute atomic E-state index is 13.8. The first-order valence-corrected chi connectivity index (χ1v) is 6.86. The van der Waals surface area contributed by atoms with Crippen molar-refractivity contribution in [2.45, 2.75) is 38.9 Å². The molecule has 1 N–H and O–H groups in total. The van der Waals surface area contributed by atoms with Gasteiger partial charge in [0.2, 0.25) is 11.8 Å². The van der Waals surface area contributed by atoms with Gasteiger partial charge in [-0.1, -0.05) is 24.6 Å². The van der Waals surface area contributed by atoms with Gasteiger partial charge in [0, 0.05) is 17.1 Å². The zero-order valence-corrected chi connectivity index (χ0v) is 12.1. The minimum Gasteiger partial charge on any atom is -0.343 e. The molecule has 6 heteroatoms. The van der Waals surface area contributed by atoms with Crippen LogP contribution in [0.15, 0.2) is 18.2 Å². The second-order valence-electron chi connectivity index (χ2n) is 4.86. The summed E-state index contributed by atoms with van der Waals surface area (Å²) < 4.78 is 13.8. The zero-order chi connectivity index (χ0) is 14.9. The third kappa shape index (κ3) is 2.77. The van der Waals surface area contributed by atoms with Gasteiger partial charge in [-0.25, -0.2) is 4.39 Å². The van der Waals surface area contributed by atoms with Gasteiger partial charge >= 0.3 is 0 Å². The van der Waals surface area contributed by atoms with Crippen LogP contribution < -0.4 is 5.32 Å². The first kappa shape index (κ1) is 14.8. The van der Waals surface area contributed by atoms with Gasteiger partial charge in [-0.3, -0.25) is 9.59 Å². The summed E-state index contributed by atoms with van der Waals surface area (Å²) in [4.78, 5) is 25.5. The van der Waals surface area contributed by atoms with E-state index in [1.165, 1.54) is 17.0 Å². The lowest BCUT2D eigenvalue weighted by Gasteiger charge is -2.37. The van der Waals surface area contributed by atoms with Crippen LogP contribution in [-0.4, -0.2) is 28.8 Å². The van der Waals surface area contributed by atoms with Crippen molar-refractivity contribution in [2.24, 2.45) is 0 Å². The van der Waals surface area contributed by atoms with E-state index < -0.39 is 17.9 Å². The van der Waals surface area contributed by atoms with E-state index >= 15 is 0 Å². The Bertz CT molecular complexity index is 550. The second kappa shape index (κ2) is 5.79. The molecule has 1 aromatic carbocycles. The van der Waals surface area contributed by atoms with Crippen LogP contribution in [0.2, 0.25) is 5.02 Å². The van der Waals surface area contributed by atoms with E-state index in [2.05, 4.69) is 5.32 Å². The summed E-state index contributed by atoms with van der Waals surface area (Å²) in [5.41, 5.74) is 0.350. The van der Waals surface area contributed by atoms with Crippen molar-refractivity contribution in [1.29, 1.82) is 0 Å². The van der Waals surface area contributed by atoms with Crippen LogP contribution in [0.3, 0.4) is 0 Å². The largest absolute Gasteiger partial charge is 0.343 e. The summed E-state index contributed by atoms with van der Waals surface area (Å²) in [5.74, 6) is -0.876. The lowest BCUT2D eigenvalue weighted by atomic mass is 10.0. The van der Waals surface area contributed by atoms with Gasteiger partial charge in [0.25, 0.3) is 0 Å². The lowest BCUT2D eigenvalue weighted by Crippen LogP contribution is -2.61. The van der Waals surface area contributed by atoms with Gasteiger partial charge in [0.05, 0.1) is 0 Å². The van der Waals surface area contributed by atoms with Crippen molar-refractivity contribution >= 4 is 23.4 Å². The number of amides is 2. The Kier molecular flexibility index (Phi) is 4.28. The average Bonchev–Trinajstić information content (AvgIpc) is 2.38. The Morgan fingerprint density at radius 2 is 2.10 bits per heavy atom. The van der Waals surface area contributed by atoms with Crippen LogP contribution >= 0.6 is 11.6 Å². The summed E-state index contributed by atoms with van der Waals surface area (Å²) in [6.45, 7) is 3.51. The van der Waals surface area contributed by atoms with Gasteiger partial charge in [-0.05, 0) is 25.5 Å². The molecule has 1 aromatic rings. The molecule has 1 saturated heterocycles. The van der Waals surface area contributed by atoms with E-state index in [4.69, 9.17) is 11.6 Å². The highest BCUT2D eigenvalue weighted by molar-refractivity contribution is 6.30. The zero-order valence-electron chi connectivity index (χ0n) is 11.3. The Labute approximate surface area is 121 Å². The predicted octanol–water partition coefficient (Wildman–Crippen LogP) is 2.10. The van der Waals surface area contributed by atoms with Crippen molar-refractivity contribution in [3.05, 3.63) is 34.6 Å².